The molecule has 4 heteroatoms. The van der Waals surface area contributed by atoms with E-state index >= 15 is 0 Å². The van der Waals surface area contributed by atoms with Crippen LogP contribution in [0.5, 0.6) is 5.75 Å². The van der Waals surface area contributed by atoms with Gasteiger partial charge in [-0.3, -0.25) is 0 Å². The predicted molar refractivity (Wildman–Crippen MR) is 78.3 cm³/mol. The topological polar surface area (TPSA) is 50.5 Å². The number of hydrogen-bond donors (Lipinski definition) is 2. The molecule has 1 rings (SSSR count). The lowest BCUT2D eigenvalue weighted by molar-refractivity contribution is 0.242. The van der Waals surface area contributed by atoms with Crippen molar-refractivity contribution in [3.63, 3.8) is 0 Å². The van der Waals surface area contributed by atoms with E-state index in [1.807, 2.05) is 32.0 Å². The Morgan fingerprint density at radius 1 is 1.33 bits per heavy atom. The molecule has 0 saturated carbocycles. The van der Waals surface area contributed by atoms with Crippen molar-refractivity contribution in [2.45, 2.75) is 26.9 Å². The van der Waals surface area contributed by atoms with Crippen molar-refractivity contribution in [2.24, 2.45) is 0 Å². The van der Waals surface area contributed by atoms with Gasteiger partial charge in [0.15, 0.2) is 0 Å². The summed E-state index contributed by atoms with van der Waals surface area (Å²) in [6.45, 7) is 9.12. The second kappa shape index (κ2) is 7.11. The molecule has 0 aliphatic carbocycles. The maximum atomic E-state index is 5.86. The normalized spacial score (nSPS) is 11.0. The first-order chi connectivity index (χ1) is 8.51. The summed E-state index contributed by atoms with van der Waals surface area (Å²) in [5.74, 6) is 0.816. The summed E-state index contributed by atoms with van der Waals surface area (Å²) >= 11 is 0. The third kappa shape index (κ3) is 5.27. The average Bonchev–Trinajstić information content (AvgIpc) is 2.27. The second-order valence-corrected chi connectivity index (χ2v) is 4.78. The van der Waals surface area contributed by atoms with Crippen LogP contribution in [0.2, 0.25) is 0 Å². The molecule has 0 atom stereocenters. The van der Waals surface area contributed by atoms with Crippen LogP contribution in [0, 0.1) is 0 Å². The first kappa shape index (κ1) is 14.6. The van der Waals surface area contributed by atoms with Gasteiger partial charge in [0.25, 0.3) is 0 Å². The third-order valence-corrected chi connectivity index (χ3v) is 2.66. The highest BCUT2D eigenvalue weighted by Gasteiger charge is 2.02. The molecule has 1 aromatic carbocycles. The van der Waals surface area contributed by atoms with E-state index in [1.165, 1.54) is 0 Å². The first-order valence-corrected chi connectivity index (χ1v) is 6.51. The zero-order chi connectivity index (χ0) is 13.5. The molecule has 0 aromatic heterocycles. The Bertz CT molecular complexity index is 366. The molecule has 0 aliphatic rings. The number of benzene rings is 1. The third-order valence-electron chi connectivity index (χ3n) is 2.66. The largest absolute Gasteiger partial charge is 0.491 e. The van der Waals surface area contributed by atoms with E-state index in [1.54, 1.807) is 0 Å². The van der Waals surface area contributed by atoms with Gasteiger partial charge >= 0.3 is 0 Å². The first-order valence-electron chi connectivity index (χ1n) is 6.51. The van der Waals surface area contributed by atoms with Gasteiger partial charge in [-0.25, -0.2) is 0 Å². The summed E-state index contributed by atoms with van der Waals surface area (Å²) in [5, 5.41) is 3.36. The highest BCUT2D eigenvalue weighted by molar-refractivity contribution is 5.59. The summed E-state index contributed by atoms with van der Waals surface area (Å²) in [6.07, 6.45) is 0.158. The lowest BCUT2D eigenvalue weighted by Crippen LogP contribution is -2.24. The van der Waals surface area contributed by atoms with E-state index in [-0.39, 0.29) is 6.10 Å². The van der Waals surface area contributed by atoms with Crippen LogP contribution in [0.15, 0.2) is 18.2 Å². The van der Waals surface area contributed by atoms with E-state index < -0.39 is 0 Å². The number of hydrogen-bond acceptors (Lipinski definition) is 4. The average molecular weight is 251 g/mol. The minimum Gasteiger partial charge on any atom is -0.491 e. The molecule has 0 radical (unpaired) electrons. The molecule has 18 heavy (non-hydrogen) atoms. The van der Waals surface area contributed by atoms with Gasteiger partial charge in [0, 0.05) is 36.6 Å². The number of rotatable bonds is 7. The van der Waals surface area contributed by atoms with Crippen LogP contribution in [0.1, 0.15) is 20.8 Å². The smallest absolute Gasteiger partial charge is 0.123 e. The van der Waals surface area contributed by atoms with Crippen molar-refractivity contribution >= 4 is 11.4 Å². The minimum absolute atomic E-state index is 0.158. The number of nitrogens with zero attached hydrogens (tertiary/aromatic N) is 1. The van der Waals surface area contributed by atoms with Crippen LogP contribution >= 0.6 is 0 Å². The maximum Gasteiger partial charge on any atom is 0.123 e. The number of nitrogens with one attached hydrogen (secondary N) is 1. The summed E-state index contributed by atoms with van der Waals surface area (Å²) < 4.78 is 5.65. The number of nitrogens with two attached hydrogens (primary N) is 1. The fraction of sp³-hybridized carbons (Fsp3) is 0.571. The second-order valence-electron chi connectivity index (χ2n) is 4.78. The molecule has 0 spiro atoms. The van der Waals surface area contributed by atoms with E-state index in [2.05, 4.69) is 24.2 Å². The Balaban J connectivity index is 2.57. The predicted octanol–water partition coefficient (Wildman–Crippen LogP) is 2.42. The van der Waals surface area contributed by atoms with Gasteiger partial charge in [-0.1, -0.05) is 6.92 Å². The van der Waals surface area contributed by atoms with Crippen molar-refractivity contribution in [1.29, 1.82) is 0 Å². The van der Waals surface area contributed by atoms with Crippen LogP contribution in [-0.2, 0) is 0 Å². The molecule has 1 aromatic rings. The summed E-state index contributed by atoms with van der Waals surface area (Å²) in [5.41, 5.74) is 7.59. The van der Waals surface area contributed by atoms with Crippen molar-refractivity contribution in [2.75, 3.05) is 37.7 Å². The zero-order valence-electron chi connectivity index (χ0n) is 11.9. The number of anilines is 2. The van der Waals surface area contributed by atoms with E-state index in [0.717, 1.165) is 36.8 Å². The molecular weight excluding hydrogens is 226 g/mol. The van der Waals surface area contributed by atoms with E-state index in [9.17, 15) is 0 Å². The maximum absolute atomic E-state index is 5.86. The highest BCUT2D eigenvalue weighted by atomic mass is 16.5. The zero-order valence-corrected chi connectivity index (χ0v) is 11.9. The van der Waals surface area contributed by atoms with Crippen LogP contribution in [0.3, 0.4) is 0 Å². The van der Waals surface area contributed by atoms with Gasteiger partial charge in [-0.15, -0.1) is 0 Å². The molecule has 4 nitrogen and oxygen atoms in total. The monoisotopic (exact) mass is 251 g/mol. The standard InChI is InChI=1S/C14H25N3O/c1-5-17(4)7-6-16-13-8-12(15)9-14(10-13)18-11(2)3/h8-11,16H,5-7,15H2,1-4H3. The molecule has 0 heterocycles. The fourth-order valence-corrected chi connectivity index (χ4v) is 1.61. The molecule has 0 bridgehead atoms. The van der Waals surface area contributed by atoms with Crippen molar-refractivity contribution in [3.05, 3.63) is 18.2 Å². The van der Waals surface area contributed by atoms with Crippen molar-refractivity contribution in [3.8, 4) is 5.75 Å². The van der Waals surface area contributed by atoms with Gasteiger partial charge in [0.05, 0.1) is 6.10 Å². The van der Waals surface area contributed by atoms with Gasteiger partial charge in [-0.2, -0.15) is 0 Å². The minimum atomic E-state index is 0.158. The Kier molecular flexibility index (Phi) is 5.78. The Hall–Kier alpha value is -1.42. The lowest BCUT2D eigenvalue weighted by Gasteiger charge is -2.16. The lowest BCUT2D eigenvalue weighted by atomic mass is 10.2. The Morgan fingerprint density at radius 3 is 2.67 bits per heavy atom. The summed E-state index contributed by atoms with van der Waals surface area (Å²) in [4.78, 5) is 2.25. The molecule has 0 unspecified atom stereocenters. The molecule has 0 fully saturated rings. The Morgan fingerprint density at radius 2 is 2.06 bits per heavy atom. The summed E-state index contributed by atoms with van der Waals surface area (Å²) in [7, 11) is 2.11. The SMILES string of the molecule is CCN(C)CCNc1cc(N)cc(OC(C)C)c1. The van der Waals surface area contributed by atoms with E-state index in [0.29, 0.717) is 0 Å². The van der Waals surface area contributed by atoms with Gasteiger partial charge in [-0.05, 0) is 33.5 Å². The van der Waals surface area contributed by atoms with Crippen molar-refractivity contribution in [1.82, 2.24) is 4.90 Å². The highest BCUT2D eigenvalue weighted by Crippen LogP contribution is 2.23. The number of ether oxygens (including phenoxy) is 1. The molecule has 0 aliphatic heterocycles. The van der Waals surface area contributed by atoms with Crippen LogP contribution < -0.4 is 15.8 Å². The molecule has 3 N–H and O–H groups in total. The van der Waals surface area contributed by atoms with Gasteiger partial charge < -0.3 is 20.7 Å². The quantitative estimate of drug-likeness (QED) is 0.731. The van der Waals surface area contributed by atoms with Crippen molar-refractivity contribution < 1.29 is 4.74 Å². The molecular formula is C14H25N3O. The fourth-order valence-electron chi connectivity index (χ4n) is 1.61. The van der Waals surface area contributed by atoms with Gasteiger partial charge in [0.2, 0.25) is 0 Å². The molecule has 0 saturated heterocycles. The van der Waals surface area contributed by atoms with Crippen LogP contribution in [0.25, 0.3) is 0 Å². The van der Waals surface area contributed by atoms with E-state index in [4.69, 9.17) is 10.5 Å². The molecule has 0 amide bonds. The van der Waals surface area contributed by atoms with Crippen LogP contribution in [0.4, 0.5) is 11.4 Å². The van der Waals surface area contributed by atoms with Crippen LogP contribution in [-0.4, -0.2) is 37.7 Å². The van der Waals surface area contributed by atoms with Gasteiger partial charge in [0.1, 0.15) is 5.75 Å². The summed E-state index contributed by atoms with van der Waals surface area (Å²) in [6, 6.07) is 5.77. The number of nitrogen functional groups attached to an aromatic ring is 1. The molecule has 102 valence electrons. The number of likely N-dealkylation sites (N-methyl/N-ethyl adjacent to an activating group) is 1. The Labute approximate surface area is 110 Å².